The van der Waals surface area contributed by atoms with Crippen molar-refractivity contribution in [3.05, 3.63) is 70.1 Å². The molecule has 0 aromatic heterocycles. The fourth-order valence-corrected chi connectivity index (χ4v) is 4.81. The molecule has 2 aromatic rings. The lowest BCUT2D eigenvalue weighted by Crippen LogP contribution is -2.44. The van der Waals surface area contributed by atoms with Gasteiger partial charge in [0.2, 0.25) is 0 Å². The monoisotopic (exact) mass is 547 g/mol. The Morgan fingerprint density at radius 1 is 1.19 bits per heavy atom. The lowest BCUT2D eigenvalue weighted by Gasteiger charge is -2.36. The van der Waals surface area contributed by atoms with E-state index in [9.17, 15) is 14.0 Å². The first kappa shape index (κ1) is 28.7. The quantitative estimate of drug-likeness (QED) is 0.296. The van der Waals surface area contributed by atoms with Gasteiger partial charge < -0.3 is 24.7 Å². The molecule has 0 saturated heterocycles. The van der Waals surface area contributed by atoms with E-state index in [-0.39, 0.29) is 11.1 Å². The van der Waals surface area contributed by atoms with Crippen LogP contribution < -0.4 is 15.4 Å². The number of carbonyl (C=O) groups excluding carboxylic acids is 2. The molecule has 1 aliphatic rings. The number of rotatable bonds is 8. The summed E-state index contributed by atoms with van der Waals surface area (Å²) in [6.07, 6.45) is 1.48. The van der Waals surface area contributed by atoms with Crippen molar-refractivity contribution in [1.29, 1.82) is 0 Å². The van der Waals surface area contributed by atoms with E-state index in [1.165, 1.54) is 35.4 Å². The molecule has 2 aromatic carbocycles. The first-order valence-electron chi connectivity index (χ1n) is 12.1. The third kappa shape index (κ3) is 6.91. The van der Waals surface area contributed by atoms with E-state index in [1.807, 2.05) is 6.92 Å². The molecule has 0 bridgehead atoms. The van der Waals surface area contributed by atoms with Crippen LogP contribution in [0.2, 0.25) is 23.2 Å². The summed E-state index contributed by atoms with van der Waals surface area (Å²) < 4.78 is 25.5. The molecule has 2 N–H and O–H groups in total. The van der Waals surface area contributed by atoms with Crippen LogP contribution in [0.5, 0.6) is 5.75 Å². The van der Waals surface area contributed by atoms with Crippen molar-refractivity contribution in [1.82, 2.24) is 10.2 Å². The van der Waals surface area contributed by atoms with Crippen LogP contribution in [0.4, 0.5) is 14.9 Å². The Morgan fingerprint density at radius 3 is 2.46 bits per heavy atom. The summed E-state index contributed by atoms with van der Waals surface area (Å²) in [5.74, 6) is -0.393. The van der Waals surface area contributed by atoms with Crippen molar-refractivity contribution in [2.75, 3.05) is 25.6 Å². The lowest BCUT2D eigenvalue weighted by atomic mass is 9.97. The van der Waals surface area contributed by atoms with Crippen molar-refractivity contribution in [2.24, 2.45) is 0 Å². The van der Waals surface area contributed by atoms with E-state index in [2.05, 4.69) is 44.5 Å². The third-order valence-electron chi connectivity index (χ3n) is 6.83. The molecule has 10 heteroatoms. The van der Waals surface area contributed by atoms with Gasteiger partial charge in [-0.3, -0.25) is 4.79 Å². The van der Waals surface area contributed by atoms with Gasteiger partial charge in [-0.1, -0.05) is 44.5 Å². The Kier molecular flexibility index (Phi) is 8.72. The Labute approximate surface area is 224 Å². The molecule has 7 nitrogen and oxygen atoms in total. The van der Waals surface area contributed by atoms with E-state index < -0.39 is 26.1 Å². The summed E-state index contributed by atoms with van der Waals surface area (Å²) in [5.41, 5.74) is 2.15. The highest BCUT2D eigenvalue weighted by Crippen LogP contribution is 2.37. The number of hydrogen-bond donors (Lipinski definition) is 2. The van der Waals surface area contributed by atoms with Gasteiger partial charge in [0.25, 0.3) is 5.91 Å². The fraction of sp³-hybridized carbons (Fsp3) is 0.407. The molecule has 0 aliphatic carbocycles. The summed E-state index contributed by atoms with van der Waals surface area (Å²) in [6.45, 7) is 13.5. The third-order valence-corrected chi connectivity index (χ3v) is 11.7. The molecule has 200 valence electrons. The number of carbonyl (C=O) groups is 2. The van der Waals surface area contributed by atoms with Gasteiger partial charge >= 0.3 is 6.03 Å². The summed E-state index contributed by atoms with van der Waals surface area (Å²) in [6, 6.07) is 7.96. The van der Waals surface area contributed by atoms with Crippen LogP contribution in [0.25, 0.3) is 0 Å². The molecule has 0 unspecified atom stereocenters. The normalized spacial score (nSPS) is 16.2. The standard InChI is InChI=1S/C27H35ClFN3O4Si/c1-17-14-21(28)23(35-12-13-36-37(6,7)27(2,3)4)15-22(17)30-25(33)20-16-32(5)26(34)31-24(20)18-8-10-19(29)11-9-18/h8-11,14-16,24H,12-13H2,1-7H3,(H,30,33)(H,31,34)/t24-/m0/s1. The molecule has 1 atom stereocenters. The first-order valence-corrected chi connectivity index (χ1v) is 15.4. The molecule has 1 aliphatic heterocycles. The number of benzene rings is 2. The second kappa shape index (κ2) is 11.2. The van der Waals surface area contributed by atoms with Crippen LogP contribution in [-0.4, -0.2) is 45.4 Å². The first-order chi connectivity index (χ1) is 17.2. The number of nitrogens with zero attached hydrogens (tertiary/aromatic N) is 1. The SMILES string of the molecule is Cc1cc(Cl)c(OCCO[Si](C)(C)C(C)(C)C)cc1NC(=O)C1=CN(C)C(=O)N[C@H]1c1ccc(F)cc1. The zero-order valence-electron chi connectivity index (χ0n) is 22.4. The van der Waals surface area contributed by atoms with Crippen molar-refractivity contribution in [3.63, 3.8) is 0 Å². The number of hydrogen-bond acceptors (Lipinski definition) is 4. The molecule has 3 amide bonds. The highest BCUT2D eigenvalue weighted by Gasteiger charge is 2.37. The predicted molar refractivity (Wildman–Crippen MR) is 147 cm³/mol. The summed E-state index contributed by atoms with van der Waals surface area (Å²) in [7, 11) is -0.346. The number of urea groups is 1. The molecule has 3 rings (SSSR count). The zero-order chi connectivity index (χ0) is 27.5. The van der Waals surface area contributed by atoms with Gasteiger partial charge in [-0.05, 0) is 54.4 Å². The van der Waals surface area contributed by atoms with Gasteiger partial charge in [-0.25, -0.2) is 9.18 Å². The minimum absolute atomic E-state index is 0.0963. The average Bonchev–Trinajstić information content (AvgIpc) is 2.80. The Balaban J connectivity index is 1.76. The van der Waals surface area contributed by atoms with Crippen LogP contribution in [0.15, 0.2) is 48.2 Å². The van der Waals surface area contributed by atoms with Gasteiger partial charge in [0.15, 0.2) is 8.32 Å². The number of aryl methyl sites for hydroxylation is 1. The van der Waals surface area contributed by atoms with Crippen LogP contribution >= 0.6 is 11.6 Å². The number of anilines is 1. The van der Waals surface area contributed by atoms with E-state index >= 15 is 0 Å². The Morgan fingerprint density at radius 2 is 1.84 bits per heavy atom. The minimum atomic E-state index is -1.90. The average molecular weight is 548 g/mol. The number of nitrogens with one attached hydrogen (secondary N) is 2. The highest BCUT2D eigenvalue weighted by molar-refractivity contribution is 6.74. The molecular weight excluding hydrogens is 513 g/mol. The van der Waals surface area contributed by atoms with Crippen molar-refractivity contribution in [2.45, 2.75) is 51.9 Å². The molecule has 0 saturated carbocycles. The smallest absolute Gasteiger partial charge is 0.321 e. The second-order valence-electron chi connectivity index (χ2n) is 10.6. The minimum Gasteiger partial charge on any atom is -0.490 e. The van der Waals surface area contributed by atoms with Crippen LogP contribution in [0, 0.1) is 12.7 Å². The number of amides is 3. The van der Waals surface area contributed by atoms with Crippen LogP contribution in [0.1, 0.15) is 37.9 Å². The van der Waals surface area contributed by atoms with Gasteiger partial charge in [0.1, 0.15) is 18.2 Å². The maximum Gasteiger partial charge on any atom is 0.321 e. The van der Waals surface area contributed by atoms with E-state index in [0.29, 0.717) is 40.8 Å². The largest absolute Gasteiger partial charge is 0.490 e. The molecule has 0 radical (unpaired) electrons. The van der Waals surface area contributed by atoms with Crippen LogP contribution in [0.3, 0.4) is 0 Å². The summed E-state index contributed by atoms with van der Waals surface area (Å²) >= 11 is 6.41. The molecular formula is C27H35ClFN3O4Si. The van der Waals surface area contributed by atoms with E-state index in [1.54, 1.807) is 19.2 Å². The van der Waals surface area contributed by atoms with Crippen molar-refractivity contribution >= 4 is 37.5 Å². The van der Waals surface area contributed by atoms with Gasteiger partial charge in [0.05, 0.1) is 23.2 Å². The lowest BCUT2D eigenvalue weighted by molar-refractivity contribution is -0.113. The van der Waals surface area contributed by atoms with Gasteiger partial charge in [-0.2, -0.15) is 0 Å². The van der Waals surface area contributed by atoms with Gasteiger partial charge in [0, 0.05) is 25.0 Å². The summed E-state index contributed by atoms with van der Waals surface area (Å²) in [5, 5.41) is 6.22. The fourth-order valence-electron chi connectivity index (χ4n) is 3.51. The summed E-state index contributed by atoms with van der Waals surface area (Å²) in [4.78, 5) is 26.9. The zero-order valence-corrected chi connectivity index (χ0v) is 24.1. The maximum atomic E-state index is 13.5. The molecule has 37 heavy (non-hydrogen) atoms. The Hall–Kier alpha value is -2.88. The van der Waals surface area contributed by atoms with E-state index in [4.69, 9.17) is 20.8 Å². The maximum absolute atomic E-state index is 13.5. The molecule has 0 spiro atoms. The van der Waals surface area contributed by atoms with Gasteiger partial charge in [-0.15, -0.1) is 0 Å². The molecule has 1 heterocycles. The van der Waals surface area contributed by atoms with Crippen LogP contribution in [-0.2, 0) is 9.22 Å². The second-order valence-corrected chi connectivity index (χ2v) is 15.9. The Bertz CT molecular complexity index is 1200. The van der Waals surface area contributed by atoms with E-state index in [0.717, 1.165) is 5.56 Å². The van der Waals surface area contributed by atoms with Crippen molar-refractivity contribution in [3.8, 4) is 5.75 Å². The molecule has 0 fully saturated rings. The number of ether oxygens (including phenoxy) is 1. The topological polar surface area (TPSA) is 79.9 Å². The predicted octanol–water partition coefficient (Wildman–Crippen LogP) is 6.41. The highest BCUT2D eigenvalue weighted by atomic mass is 35.5. The number of halogens is 2. The van der Waals surface area contributed by atoms with Crippen molar-refractivity contribution < 1.29 is 23.1 Å².